The van der Waals surface area contributed by atoms with Crippen molar-refractivity contribution in [3.8, 4) is 5.69 Å². The molecule has 3 aromatic rings. The molecule has 0 bridgehead atoms. The number of hydrogen-bond donors (Lipinski definition) is 0. The molecule has 0 radical (unpaired) electrons. The lowest BCUT2D eigenvalue weighted by Gasteiger charge is -2.34. The van der Waals surface area contributed by atoms with Gasteiger partial charge in [0.25, 0.3) is 5.56 Å². The number of anilines is 1. The van der Waals surface area contributed by atoms with Crippen molar-refractivity contribution in [1.29, 1.82) is 0 Å². The number of hydrogen-bond acceptors (Lipinski definition) is 5. The maximum atomic E-state index is 13.3. The fourth-order valence-electron chi connectivity index (χ4n) is 3.89. The molecule has 150 valence electrons. The molecule has 1 aliphatic rings. The zero-order valence-electron chi connectivity index (χ0n) is 17.0. The number of methoxy groups -OCH3 is 1. The van der Waals surface area contributed by atoms with E-state index in [-0.39, 0.29) is 5.56 Å². The first kappa shape index (κ1) is 19.2. The van der Waals surface area contributed by atoms with Crippen LogP contribution in [0.3, 0.4) is 0 Å². The van der Waals surface area contributed by atoms with E-state index < -0.39 is 5.97 Å². The van der Waals surface area contributed by atoms with Gasteiger partial charge >= 0.3 is 5.97 Å². The van der Waals surface area contributed by atoms with Crippen LogP contribution in [0.4, 0.5) is 5.69 Å². The van der Waals surface area contributed by atoms with Crippen molar-refractivity contribution in [2.24, 2.45) is 0 Å². The van der Waals surface area contributed by atoms with E-state index in [0.717, 1.165) is 42.8 Å². The van der Waals surface area contributed by atoms with Gasteiger partial charge in [0.1, 0.15) is 0 Å². The molecule has 6 heteroatoms. The molecule has 0 unspecified atom stereocenters. The standard InChI is InChI=1S/C23H25N3O3/c1-16-19(23(28)29-3)5-4-6-21(16)26-10-9-17-7-8-18(15-20(17)22(26)27)25-13-11-24(2)12-14-25/h4-10,15H,11-14H2,1-3H3. The summed E-state index contributed by atoms with van der Waals surface area (Å²) >= 11 is 0. The van der Waals surface area contributed by atoms with Crippen molar-refractivity contribution in [1.82, 2.24) is 9.47 Å². The third kappa shape index (κ3) is 3.51. The van der Waals surface area contributed by atoms with Crippen molar-refractivity contribution in [2.45, 2.75) is 6.92 Å². The second-order valence-electron chi connectivity index (χ2n) is 7.49. The van der Waals surface area contributed by atoms with Crippen molar-refractivity contribution in [3.63, 3.8) is 0 Å². The Morgan fingerprint density at radius 1 is 1.03 bits per heavy atom. The molecule has 0 N–H and O–H groups in total. The third-order valence-electron chi connectivity index (χ3n) is 5.73. The number of pyridine rings is 1. The number of nitrogens with zero attached hydrogens (tertiary/aromatic N) is 3. The first-order valence-corrected chi connectivity index (χ1v) is 9.77. The number of piperazine rings is 1. The van der Waals surface area contributed by atoms with Crippen molar-refractivity contribution < 1.29 is 9.53 Å². The molecule has 4 rings (SSSR count). The Morgan fingerprint density at radius 3 is 2.52 bits per heavy atom. The summed E-state index contributed by atoms with van der Waals surface area (Å²) < 4.78 is 6.47. The van der Waals surface area contributed by atoms with Crippen molar-refractivity contribution in [3.05, 3.63) is 70.1 Å². The number of rotatable bonds is 3. The van der Waals surface area contributed by atoms with Crippen molar-refractivity contribution >= 4 is 22.4 Å². The van der Waals surface area contributed by atoms with E-state index in [1.54, 1.807) is 22.9 Å². The summed E-state index contributed by atoms with van der Waals surface area (Å²) in [7, 11) is 3.48. The van der Waals surface area contributed by atoms with E-state index in [9.17, 15) is 9.59 Å². The highest BCUT2D eigenvalue weighted by molar-refractivity contribution is 5.92. The smallest absolute Gasteiger partial charge is 0.338 e. The van der Waals surface area contributed by atoms with Crippen LogP contribution in [-0.2, 0) is 4.74 Å². The van der Waals surface area contributed by atoms with Crippen LogP contribution in [-0.4, -0.2) is 55.8 Å². The molecule has 2 heterocycles. The molecule has 0 saturated carbocycles. The second-order valence-corrected chi connectivity index (χ2v) is 7.49. The minimum absolute atomic E-state index is 0.0939. The van der Waals surface area contributed by atoms with Gasteiger partial charge in [-0.3, -0.25) is 9.36 Å². The monoisotopic (exact) mass is 391 g/mol. The Bertz CT molecular complexity index is 1130. The Labute approximate surface area is 169 Å². The molecule has 1 aliphatic heterocycles. The van der Waals surface area contributed by atoms with Gasteiger partial charge in [-0.1, -0.05) is 12.1 Å². The van der Waals surface area contributed by atoms with Crippen LogP contribution < -0.4 is 10.5 Å². The van der Waals surface area contributed by atoms with Gasteiger partial charge < -0.3 is 14.5 Å². The zero-order valence-corrected chi connectivity index (χ0v) is 17.0. The minimum atomic E-state index is -0.407. The lowest BCUT2D eigenvalue weighted by molar-refractivity contribution is 0.0600. The summed E-state index contributed by atoms with van der Waals surface area (Å²) in [6.07, 6.45) is 1.77. The van der Waals surface area contributed by atoms with Crippen LogP contribution in [0.5, 0.6) is 0 Å². The number of ether oxygens (including phenoxy) is 1. The van der Waals surface area contributed by atoms with E-state index in [1.807, 2.05) is 31.2 Å². The number of carbonyl (C=O) groups excluding carboxylic acids is 1. The highest BCUT2D eigenvalue weighted by Gasteiger charge is 2.17. The van der Waals surface area contributed by atoms with Gasteiger partial charge in [-0.05, 0) is 55.3 Å². The fraction of sp³-hybridized carbons (Fsp3) is 0.304. The van der Waals surface area contributed by atoms with Crippen LogP contribution in [0.1, 0.15) is 15.9 Å². The van der Waals surface area contributed by atoms with Crippen LogP contribution in [0.2, 0.25) is 0 Å². The van der Waals surface area contributed by atoms with E-state index in [0.29, 0.717) is 16.6 Å². The Balaban J connectivity index is 1.80. The molecule has 1 aromatic heterocycles. The van der Waals surface area contributed by atoms with Gasteiger partial charge in [0.05, 0.1) is 18.4 Å². The number of likely N-dealkylation sites (N-methyl/N-ethyl adjacent to an activating group) is 1. The van der Waals surface area contributed by atoms with E-state index >= 15 is 0 Å². The lowest BCUT2D eigenvalue weighted by atomic mass is 10.1. The topological polar surface area (TPSA) is 54.8 Å². The number of carbonyl (C=O) groups is 1. The second kappa shape index (κ2) is 7.72. The van der Waals surface area contributed by atoms with E-state index in [4.69, 9.17) is 4.74 Å². The number of aromatic nitrogens is 1. The van der Waals surface area contributed by atoms with E-state index in [2.05, 4.69) is 22.9 Å². The Hall–Kier alpha value is -3.12. The van der Waals surface area contributed by atoms with Crippen LogP contribution >= 0.6 is 0 Å². The average molecular weight is 391 g/mol. The SMILES string of the molecule is COC(=O)c1cccc(-n2ccc3ccc(N4CCN(C)CC4)cc3c2=O)c1C. The van der Waals surface area contributed by atoms with Crippen LogP contribution in [0.15, 0.2) is 53.5 Å². The molecule has 0 atom stereocenters. The van der Waals surface area contributed by atoms with Gasteiger partial charge in [0.15, 0.2) is 0 Å². The molecule has 0 spiro atoms. The lowest BCUT2D eigenvalue weighted by Crippen LogP contribution is -2.44. The molecule has 1 fully saturated rings. The maximum absolute atomic E-state index is 13.3. The normalized spacial score (nSPS) is 14.9. The van der Waals surface area contributed by atoms with Crippen LogP contribution in [0.25, 0.3) is 16.5 Å². The summed E-state index contributed by atoms with van der Waals surface area (Å²) in [6, 6.07) is 13.3. The first-order valence-electron chi connectivity index (χ1n) is 9.77. The molecule has 6 nitrogen and oxygen atoms in total. The van der Waals surface area contributed by atoms with Gasteiger partial charge in [0, 0.05) is 43.4 Å². The number of esters is 1. The van der Waals surface area contributed by atoms with Gasteiger partial charge in [0.2, 0.25) is 0 Å². The van der Waals surface area contributed by atoms with E-state index in [1.165, 1.54) is 7.11 Å². The Morgan fingerprint density at radius 2 is 1.79 bits per heavy atom. The fourth-order valence-corrected chi connectivity index (χ4v) is 3.89. The molecule has 29 heavy (non-hydrogen) atoms. The number of benzene rings is 2. The first-order chi connectivity index (χ1) is 14.0. The molecule has 0 aliphatic carbocycles. The molecule has 1 saturated heterocycles. The average Bonchev–Trinajstić information content (AvgIpc) is 2.74. The van der Waals surface area contributed by atoms with Gasteiger partial charge in [-0.25, -0.2) is 4.79 Å². The summed E-state index contributed by atoms with van der Waals surface area (Å²) in [5, 5.41) is 1.58. The summed E-state index contributed by atoms with van der Waals surface area (Å²) in [5.74, 6) is -0.407. The summed E-state index contributed by atoms with van der Waals surface area (Å²) in [4.78, 5) is 30.0. The molecular weight excluding hydrogens is 366 g/mol. The summed E-state index contributed by atoms with van der Waals surface area (Å²) in [5.41, 5.74) is 2.84. The minimum Gasteiger partial charge on any atom is -0.465 e. The summed E-state index contributed by atoms with van der Waals surface area (Å²) in [6.45, 7) is 5.75. The molecule has 2 aromatic carbocycles. The number of fused-ring (bicyclic) bond motifs is 1. The molecular formula is C23H25N3O3. The highest BCUT2D eigenvalue weighted by atomic mass is 16.5. The quantitative estimate of drug-likeness (QED) is 0.643. The largest absolute Gasteiger partial charge is 0.465 e. The van der Waals surface area contributed by atoms with Gasteiger partial charge in [-0.2, -0.15) is 0 Å². The van der Waals surface area contributed by atoms with Crippen LogP contribution in [0, 0.1) is 6.92 Å². The van der Waals surface area contributed by atoms with Crippen molar-refractivity contribution in [2.75, 3.05) is 45.2 Å². The predicted molar refractivity (Wildman–Crippen MR) is 115 cm³/mol. The maximum Gasteiger partial charge on any atom is 0.338 e. The zero-order chi connectivity index (χ0) is 20.5. The third-order valence-corrected chi connectivity index (χ3v) is 5.73. The Kier molecular flexibility index (Phi) is 5.11. The molecule has 0 amide bonds. The highest BCUT2D eigenvalue weighted by Crippen LogP contribution is 2.23. The van der Waals surface area contributed by atoms with Gasteiger partial charge in [-0.15, -0.1) is 0 Å². The predicted octanol–water partition coefficient (Wildman–Crippen LogP) is 2.84.